The second-order valence-electron chi connectivity index (χ2n) is 5.41. The smallest absolute Gasteiger partial charge is 0.245 e. The monoisotopic (exact) mass is 322 g/mol. The van der Waals surface area contributed by atoms with Crippen molar-refractivity contribution in [3.8, 4) is 0 Å². The van der Waals surface area contributed by atoms with Gasteiger partial charge in [-0.3, -0.25) is 0 Å². The zero-order chi connectivity index (χ0) is 15.0. The number of rotatable bonds is 5. The van der Waals surface area contributed by atoms with Gasteiger partial charge in [-0.1, -0.05) is 12.1 Å². The molecule has 0 amide bonds. The molecule has 1 fully saturated rings. The molecule has 2 N–H and O–H groups in total. The molecule has 0 bridgehead atoms. The highest BCUT2D eigenvalue weighted by Crippen LogP contribution is 2.36. The lowest BCUT2D eigenvalue weighted by Crippen LogP contribution is -2.33. The molecule has 0 atom stereocenters. The van der Waals surface area contributed by atoms with E-state index in [9.17, 15) is 8.42 Å². The van der Waals surface area contributed by atoms with Crippen molar-refractivity contribution in [1.29, 1.82) is 0 Å². The molecule has 0 saturated heterocycles. The maximum atomic E-state index is 13.0. The molecule has 0 aliphatic heterocycles. The van der Waals surface area contributed by atoms with E-state index in [0.29, 0.717) is 17.8 Å². The van der Waals surface area contributed by atoms with Crippen LogP contribution in [0.4, 0.5) is 5.69 Å². The molecular formula is C15H18N2O2S2. The Labute approximate surface area is 129 Å². The van der Waals surface area contributed by atoms with E-state index < -0.39 is 10.0 Å². The van der Waals surface area contributed by atoms with Crippen molar-refractivity contribution in [1.82, 2.24) is 4.31 Å². The van der Waals surface area contributed by atoms with Gasteiger partial charge < -0.3 is 5.73 Å². The Morgan fingerprint density at radius 3 is 2.67 bits per heavy atom. The fourth-order valence-corrected chi connectivity index (χ4v) is 5.14. The molecule has 1 aromatic carbocycles. The van der Waals surface area contributed by atoms with Gasteiger partial charge >= 0.3 is 0 Å². The summed E-state index contributed by atoms with van der Waals surface area (Å²) in [5, 5.41) is 3.96. The maximum absolute atomic E-state index is 13.0. The first kappa shape index (κ1) is 14.6. The maximum Gasteiger partial charge on any atom is 0.245 e. The van der Waals surface area contributed by atoms with Crippen LogP contribution in [0, 0.1) is 6.92 Å². The molecule has 0 radical (unpaired) electrons. The second-order valence-corrected chi connectivity index (χ2v) is 8.01. The minimum Gasteiger partial charge on any atom is -0.398 e. The molecule has 1 heterocycles. The van der Waals surface area contributed by atoms with E-state index in [1.165, 1.54) is 0 Å². The number of anilines is 1. The number of nitrogen functional groups attached to an aromatic ring is 1. The van der Waals surface area contributed by atoms with E-state index in [1.807, 2.05) is 16.8 Å². The Morgan fingerprint density at radius 1 is 1.33 bits per heavy atom. The van der Waals surface area contributed by atoms with E-state index in [0.717, 1.165) is 18.4 Å². The Balaban J connectivity index is 2.01. The number of hydrogen-bond acceptors (Lipinski definition) is 4. The summed E-state index contributed by atoms with van der Waals surface area (Å²) in [6.07, 6.45) is 1.85. The van der Waals surface area contributed by atoms with E-state index >= 15 is 0 Å². The first-order chi connectivity index (χ1) is 10.00. The molecule has 1 aliphatic rings. The van der Waals surface area contributed by atoms with Crippen LogP contribution in [0.5, 0.6) is 0 Å². The lowest BCUT2D eigenvalue weighted by molar-refractivity contribution is 0.399. The Hall–Kier alpha value is -1.37. The quantitative estimate of drug-likeness (QED) is 0.861. The van der Waals surface area contributed by atoms with Crippen molar-refractivity contribution in [2.75, 3.05) is 5.73 Å². The average molecular weight is 322 g/mol. The highest BCUT2D eigenvalue weighted by molar-refractivity contribution is 7.89. The molecule has 0 spiro atoms. The Morgan fingerprint density at radius 2 is 2.10 bits per heavy atom. The van der Waals surface area contributed by atoms with Gasteiger partial charge in [-0.2, -0.15) is 15.6 Å². The predicted octanol–water partition coefficient (Wildman–Crippen LogP) is 2.99. The van der Waals surface area contributed by atoms with Crippen molar-refractivity contribution in [2.24, 2.45) is 0 Å². The largest absolute Gasteiger partial charge is 0.398 e. The number of nitrogens with zero attached hydrogens (tertiary/aromatic N) is 1. The van der Waals surface area contributed by atoms with Crippen LogP contribution in [-0.4, -0.2) is 18.8 Å². The van der Waals surface area contributed by atoms with Gasteiger partial charge in [0, 0.05) is 12.6 Å². The topological polar surface area (TPSA) is 63.4 Å². The molecule has 6 heteroatoms. The van der Waals surface area contributed by atoms with Crippen LogP contribution in [-0.2, 0) is 16.6 Å². The third-order valence-corrected chi connectivity index (χ3v) is 6.53. The van der Waals surface area contributed by atoms with E-state index in [1.54, 1.807) is 40.8 Å². The standard InChI is InChI=1S/C15H18N2O2S2/c1-11-3-2-4-14(16)15(11)21(18,19)17(13-5-6-13)9-12-7-8-20-10-12/h2-4,7-8,10,13H,5-6,9,16H2,1H3. The third kappa shape index (κ3) is 2.84. The van der Waals surface area contributed by atoms with E-state index in [4.69, 9.17) is 5.73 Å². The summed E-state index contributed by atoms with van der Waals surface area (Å²) in [4.78, 5) is 0.257. The van der Waals surface area contributed by atoms with Crippen molar-refractivity contribution >= 4 is 27.0 Å². The summed E-state index contributed by atoms with van der Waals surface area (Å²) < 4.78 is 27.7. The fourth-order valence-electron chi connectivity index (χ4n) is 2.48. The average Bonchev–Trinajstić information content (AvgIpc) is 3.11. The van der Waals surface area contributed by atoms with Gasteiger partial charge in [0.15, 0.2) is 0 Å². The van der Waals surface area contributed by atoms with E-state index in [2.05, 4.69) is 0 Å². The molecule has 3 rings (SSSR count). The van der Waals surface area contributed by atoms with Gasteiger partial charge in [0.1, 0.15) is 4.90 Å². The molecule has 112 valence electrons. The molecule has 21 heavy (non-hydrogen) atoms. The summed E-state index contributed by atoms with van der Waals surface area (Å²) in [6, 6.07) is 7.30. The number of thiophene rings is 1. The Kier molecular flexibility index (Phi) is 3.77. The number of hydrogen-bond donors (Lipinski definition) is 1. The van der Waals surface area contributed by atoms with Gasteiger partial charge in [-0.15, -0.1) is 0 Å². The van der Waals surface area contributed by atoms with Crippen molar-refractivity contribution in [3.63, 3.8) is 0 Å². The minimum atomic E-state index is -3.56. The first-order valence-corrected chi connectivity index (χ1v) is 9.26. The molecular weight excluding hydrogens is 304 g/mol. The molecule has 1 aromatic heterocycles. The lowest BCUT2D eigenvalue weighted by Gasteiger charge is -2.23. The SMILES string of the molecule is Cc1cccc(N)c1S(=O)(=O)N(Cc1ccsc1)C1CC1. The minimum absolute atomic E-state index is 0.105. The van der Waals surface area contributed by atoms with Gasteiger partial charge in [0.25, 0.3) is 0 Å². The van der Waals surface area contributed by atoms with Gasteiger partial charge in [0.2, 0.25) is 10.0 Å². The zero-order valence-electron chi connectivity index (χ0n) is 11.8. The summed E-state index contributed by atoms with van der Waals surface area (Å²) in [6.45, 7) is 2.21. The fraction of sp³-hybridized carbons (Fsp3) is 0.333. The van der Waals surface area contributed by atoms with Crippen molar-refractivity contribution in [2.45, 2.75) is 37.2 Å². The van der Waals surface area contributed by atoms with Gasteiger partial charge in [-0.25, -0.2) is 8.42 Å². The van der Waals surface area contributed by atoms with Crippen LogP contribution in [0.25, 0.3) is 0 Å². The highest BCUT2D eigenvalue weighted by atomic mass is 32.2. The first-order valence-electron chi connectivity index (χ1n) is 6.88. The van der Waals surface area contributed by atoms with E-state index in [-0.39, 0.29) is 10.9 Å². The Bertz CT molecular complexity index is 715. The van der Waals surface area contributed by atoms with Crippen molar-refractivity contribution < 1.29 is 8.42 Å². The van der Waals surface area contributed by atoms with Crippen LogP contribution in [0.3, 0.4) is 0 Å². The second kappa shape index (κ2) is 5.44. The van der Waals surface area contributed by atoms with Crippen LogP contribution < -0.4 is 5.73 Å². The van der Waals surface area contributed by atoms with Crippen LogP contribution in [0.1, 0.15) is 24.0 Å². The molecule has 0 unspecified atom stereocenters. The number of sulfonamides is 1. The summed E-state index contributed by atoms with van der Waals surface area (Å²) in [5.74, 6) is 0. The van der Waals surface area contributed by atoms with Gasteiger partial charge in [0.05, 0.1) is 5.69 Å². The summed E-state index contributed by atoms with van der Waals surface area (Å²) in [5.41, 5.74) is 7.99. The van der Waals surface area contributed by atoms with Crippen LogP contribution in [0.2, 0.25) is 0 Å². The summed E-state index contributed by atoms with van der Waals surface area (Å²) in [7, 11) is -3.56. The lowest BCUT2D eigenvalue weighted by atomic mass is 10.2. The number of aryl methyl sites for hydroxylation is 1. The third-order valence-electron chi connectivity index (χ3n) is 3.68. The highest BCUT2D eigenvalue weighted by Gasteiger charge is 2.39. The summed E-state index contributed by atoms with van der Waals surface area (Å²) >= 11 is 1.58. The zero-order valence-corrected chi connectivity index (χ0v) is 13.5. The predicted molar refractivity (Wildman–Crippen MR) is 85.7 cm³/mol. The molecule has 1 aliphatic carbocycles. The number of benzene rings is 1. The van der Waals surface area contributed by atoms with Gasteiger partial charge in [-0.05, 0) is 53.8 Å². The molecule has 1 saturated carbocycles. The number of nitrogens with two attached hydrogens (primary N) is 1. The van der Waals surface area contributed by atoms with Crippen LogP contribution >= 0.6 is 11.3 Å². The van der Waals surface area contributed by atoms with Crippen LogP contribution in [0.15, 0.2) is 39.9 Å². The molecule has 2 aromatic rings. The molecule has 4 nitrogen and oxygen atoms in total. The normalized spacial score (nSPS) is 15.5. The van der Waals surface area contributed by atoms with Crippen molar-refractivity contribution in [3.05, 3.63) is 46.2 Å².